The summed E-state index contributed by atoms with van der Waals surface area (Å²) in [6, 6.07) is 11.5. The zero-order valence-corrected chi connectivity index (χ0v) is 15.9. The predicted octanol–water partition coefficient (Wildman–Crippen LogP) is 2.54. The highest BCUT2D eigenvalue weighted by atomic mass is 16.5. The second-order valence-electron chi connectivity index (χ2n) is 6.77. The smallest absolute Gasteiger partial charge is 0.286 e. The molecule has 7 nitrogen and oxygen atoms in total. The average molecular weight is 378 g/mol. The number of methoxy groups -OCH3 is 1. The minimum atomic E-state index is -0.218. The Morgan fingerprint density at radius 2 is 2.04 bits per heavy atom. The van der Waals surface area contributed by atoms with E-state index >= 15 is 0 Å². The van der Waals surface area contributed by atoms with Gasteiger partial charge >= 0.3 is 0 Å². The summed E-state index contributed by atoms with van der Waals surface area (Å²) in [5.41, 5.74) is 3.33. The van der Waals surface area contributed by atoms with Crippen molar-refractivity contribution in [3.8, 4) is 5.75 Å². The van der Waals surface area contributed by atoms with Crippen LogP contribution in [0.1, 0.15) is 39.0 Å². The maximum absolute atomic E-state index is 11.6. The van der Waals surface area contributed by atoms with E-state index in [1.807, 2.05) is 36.5 Å². The highest BCUT2D eigenvalue weighted by Gasteiger charge is 2.22. The van der Waals surface area contributed by atoms with Crippen LogP contribution in [0.15, 0.2) is 47.0 Å². The molecule has 0 atom stereocenters. The molecule has 3 heterocycles. The number of hydrogen-bond acceptors (Lipinski definition) is 6. The number of fused-ring (bicyclic) bond motifs is 1. The number of aromatic nitrogens is 2. The van der Waals surface area contributed by atoms with E-state index in [1.165, 1.54) is 0 Å². The number of nitrogens with one attached hydrogen (secondary N) is 1. The van der Waals surface area contributed by atoms with E-state index in [-0.39, 0.29) is 5.91 Å². The van der Waals surface area contributed by atoms with Crippen LogP contribution in [0, 0.1) is 0 Å². The van der Waals surface area contributed by atoms with Gasteiger partial charge in [0.05, 0.1) is 19.3 Å². The largest absolute Gasteiger partial charge is 0.497 e. The van der Waals surface area contributed by atoms with Gasteiger partial charge in [-0.2, -0.15) is 0 Å². The first-order chi connectivity index (χ1) is 13.6. The standard InChI is InChI=1S/C21H22N4O3/c1-22-21(26)19-8-7-17(28-19)12-25-11-15-10-23-20(24-18(15)13-25)9-14-3-5-16(27-2)6-4-14/h3-8,10H,9,11-13H2,1-2H3,(H,22,26). The quantitative estimate of drug-likeness (QED) is 0.710. The summed E-state index contributed by atoms with van der Waals surface area (Å²) in [5.74, 6) is 2.52. The van der Waals surface area contributed by atoms with Gasteiger partial charge in [0.2, 0.25) is 0 Å². The van der Waals surface area contributed by atoms with Gasteiger partial charge in [-0.25, -0.2) is 9.97 Å². The van der Waals surface area contributed by atoms with E-state index in [0.717, 1.165) is 47.2 Å². The summed E-state index contributed by atoms with van der Waals surface area (Å²) in [6.07, 6.45) is 2.60. The first-order valence-electron chi connectivity index (χ1n) is 9.14. The van der Waals surface area contributed by atoms with Gasteiger partial charge in [-0.05, 0) is 29.8 Å². The van der Waals surface area contributed by atoms with E-state index in [4.69, 9.17) is 14.1 Å². The van der Waals surface area contributed by atoms with Gasteiger partial charge in [-0.1, -0.05) is 12.1 Å². The number of carbonyl (C=O) groups is 1. The molecule has 0 unspecified atom stereocenters. The molecule has 28 heavy (non-hydrogen) atoms. The van der Waals surface area contributed by atoms with E-state index in [0.29, 0.717) is 18.7 Å². The lowest BCUT2D eigenvalue weighted by atomic mass is 10.1. The van der Waals surface area contributed by atoms with Gasteiger partial charge in [0, 0.05) is 38.3 Å². The average Bonchev–Trinajstić information content (AvgIpc) is 3.34. The third-order valence-electron chi connectivity index (χ3n) is 4.78. The van der Waals surface area contributed by atoms with E-state index in [2.05, 4.69) is 15.2 Å². The van der Waals surface area contributed by atoms with Gasteiger partial charge in [-0.15, -0.1) is 0 Å². The zero-order valence-electron chi connectivity index (χ0n) is 15.9. The number of hydrogen-bond donors (Lipinski definition) is 1. The molecule has 0 aliphatic carbocycles. The molecule has 1 N–H and O–H groups in total. The fourth-order valence-corrected chi connectivity index (χ4v) is 3.31. The van der Waals surface area contributed by atoms with Crippen LogP contribution >= 0.6 is 0 Å². The van der Waals surface area contributed by atoms with Crippen molar-refractivity contribution in [2.45, 2.75) is 26.1 Å². The van der Waals surface area contributed by atoms with Crippen LogP contribution in [0.3, 0.4) is 0 Å². The zero-order chi connectivity index (χ0) is 19.5. The van der Waals surface area contributed by atoms with Crippen LogP contribution in [-0.2, 0) is 26.1 Å². The molecule has 0 radical (unpaired) electrons. The molecule has 2 aromatic heterocycles. The maximum atomic E-state index is 11.6. The molecular formula is C21H22N4O3. The van der Waals surface area contributed by atoms with Gasteiger partial charge in [0.25, 0.3) is 5.91 Å². The number of carbonyl (C=O) groups excluding carboxylic acids is 1. The summed E-state index contributed by atoms with van der Waals surface area (Å²) >= 11 is 0. The second kappa shape index (κ2) is 7.82. The Morgan fingerprint density at radius 1 is 1.21 bits per heavy atom. The molecule has 4 rings (SSSR count). The highest BCUT2D eigenvalue weighted by Crippen LogP contribution is 2.23. The van der Waals surface area contributed by atoms with E-state index < -0.39 is 0 Å². The molecular weight excluding hydrogens is 356 g/mol. The van der Waals surface area contributed by atoms with Crippen LogP contribution in [0.4, 0.5) is 0 Å². The molecule has 1 aromatic carbocycles. The van der Waals surface area contributed by atoms with Crippen LogP contribution in [0.5, 0.6) is 5.75 Å². The molecule has 0 bridgehead atoms. The second-order valence-corrected chi connectivity index (χ2v) is 6.77. The number of benzene rings is 1. The van der Waals surface area contributed by atoms with Gasteiger partial charge < -0.3 is 14.5 Å². The molecule has 0 spiro atoms. The fraction of sp³-hybridized carbons (Fsp3) is 0.286. The molecule has 0 fully saturated rings. The Balaban J connectivity index is 1.40. The summed E-state index contributed by atoms with van der Waals surface area (Å²) in [7, 11) is 3.25. The first kappa shape index (κ1) is 18.2. The normalized spacial score (nSPS) is 13.4. The molecule has 0 saturated carbocycles. The number of amides is 1. The van der Waals surface area contributed by atoms with Crippen molar-refractivity contribution in [1.82, 2.24) is 20.2 Å². The number of nitrogens with zero attached hydrogens (tertiary/aromatic N) is 3. The number of furan rings is 1. The summed E-state index contributed by atoms with van der Waals surface area (Å²) in [5, 5.41) is 2.56. The van der Waals surface area contributed by atoms with Crippen LogP contribution < -0.4 is 10.1 Å². The lowest BCUT2D eigenvalue weighted by Crippen LogP contribution is -2.17. The summed E-state index contributed by atoms with van der Waals surface area (Å²) in [6.45, 7) is 2.14. The van der Waals surface area contributed by atoms with Crippen LogP contribution in [0.2, 0.25) is 0 Å². The lowest BCUT2D eigenvalue weighted by Gasteiger charge is -2.11. The molecule has 7 heteroatoms. The van der Waals surface area contributed by atoms with Crippen molar-refractivity contribution in [3.63, 3.8) is 0 Å². The SMILES string of the molecule is CNC(=O)c1ccc(CN2Cc3cnc(Cc4ccc(OC)cc4)nc3C2)o1. The van der Waals surface area contributed by atoms with Gasteiger partial charge in [0.15, 0.2) is 5.76 Å². The lowest BCUT2D eigenvalue weighted by molar-refractivity contribution is 0.0931. The van der Waals surface area contributed by atoms with Crippen LogP contribution in [0.25, 0.3) is 0 Å². The van der Waals surface area contributed by atoms with E-state index in [9.17, 15) is 4.79 Å². The van der Waals surface area contributed by atoms with Crippen molar-refractivity contribution in [3.05, 3.63) is 76.8 Å². The topological polar surface area (TPSA) is 80.5 Å². The Morgan fingerprint density at radius 3 is 2.79 bits per heavy atom. The Bertz CT molecular complexity index is 982. The van der Waals surface area contributed by atoms with Crippen molar-refractivity contribution >= 4 is 5.91 Å². The van der Waals surface area contributed by atoms with E-state index in [1.54, 1.807) is 20.2 Å². The summed E-state index contributed by atoms with van der Waals surface area (Å²) < 4.78 is 10.8. The van der Waals surface area contributed by atoms with Gasteiger partial charge in [-0.3, -0.25) is 9.69 Å². The molecule has 144 valence electrons. The highest BCUT2D eigenvalue weighted by molar-refractivity contribution is 5.91. The van der Waals surface area contributed by atoms with Crippen molar-refractivity contribution in [1.29, 1.82) is 0 Å². The molecule has 1 aliphatic rings. The van der Waals surface area contributed by atoms with Crippen molar-refractivity contribution < 1.29 is 13.9 Å². The molecule has 1 amide bonds. The first-order valence-corrected chi connectivity index (χ1v) is 9.14. The van der Waals surface area contributed by atoms with Crippen molar-refractivity contribution in [2.75, 3.05) is 14.2 Å². The molecule has 0 saturated heterocycles. The number of ether oxygens (including phenoxy) is 1. The molecule has 1 aliphatic heterocycles. The Labute approximate surface area is 163 Å². The number of rotatable bonds is 6. The van der Waals surface area contributed by atoms with Crippen LogP contribution in [-0.4, -0.2) is 34.9 Å². The third-order valence-corrected chi connectivity index (χ3v) is 4.78. The predicted molar refractivity (Wildman–Crippen MR) is 103 cm³/mol. The minimum absolute atomic E-state index is 0.218. The minimum Gasteiger partial charge on any atom is -0.497 e. The third kappa shape index (κ3) is 3.89. The van der Waals surface area contributed by atoms with Gasteiger partial charge in [0.1, 0.15) is 17.3 Å². The van der Waals surface area contributed by atoms with Crippen molar-refractivity contribution in [2.24, 2.45) is 0 Å². The molecule has 3 aromatic rings. The summed E-state index contributed by atoms with van der Waals surface area (Å²) in [4.78, 5) is 23.1. The Hall–Kier alpha value is -3.19. The maximum Gasteiger partial charge on any atom is 0.286 e. The monoisotopic (exact) mass is 378 g/mol. The fourth-order valence-electron chi connectivity index (χ4n) is 3.31. The Kier molecular flexibility index (Phi) is 5.08.